The lowest BCUT2D eigenvalue weighted by Crippen LogP contribution is -2.37. The Balaban J connectivity index is 1.64. The molecule has 1 N–H and O–H groups in total. The third-order valence-corrected chi connectivity index (χ3v) is 10.4. The summed E-state index contributed by atoms with van der Waals surface area (Å²) in [6.45, 7) is 1.81. The van der Waals surface area contributed by atoms with Crippen molar-refractivity contribution in [3.05, 3.63) is 115 Å². The molecule has 4 aromatic carbocycles. The number of hydrogen-bond acceptors (Lipinski definition) is 4. The van der Waals surface area contributed by atoms with Gasteiger partial charge in [0.25, 0.3) is 5.91 Å². The number of hydrogen-bond donors (Lipinski definition) is 1. The van der Waals surface area contributed by atoms with E-state index in [0.29, 0.717) is 17.9 Å². The van der Waals surface area contributed by atoms with E-state index in [9.17, 15) is 9.59 Å². The predicted molar refractivity (Wildman–Crippen MR) is 147 cm³/mol. The molecular weight excluding hydrogens is 469 g/mol. The van der Waals surface area contributed by atoms with Gasteiger partial charge in [0.1, 0.15) is 23.2 Å². The molecule has 5 nitrogen and oxygen atoms in total. The van der Waals surface area contributed by atoms with Gasteiger partial charge >= 0.3 is 5.97 Å². The topological polar surface area (TPSA) is 64.6 Å². The molecule has 0 heterocycles. The number of carbonyl (C=O) groups excluding carboxylic acids is 2. The van der Waals surface area contributed by atoms with Gasteiger partial charge in [-0.1, -0.05) is 54.6 Å². The summed E-state index contributed by atoms with van der Waals surface area (Å²) in [5.41, 5.74) is 0.436. The molecule has 0 radical (unpaired) electrons. The summed E-state index contributed by atoms with van der Waals surface area (Å²) in [6.07, 6.45) is 0.763. The van der Waals surface area contributed by atoms with Crippen molar-refractivity contribution in [3.8, 4) is 11.5 Å². The van der Waals surface area contributed by atoms with Crippen LogP contribution >= 0.6 is 7.26 Å². The fourth-order valence-electron chi connectivity index (χ4n) is 4.37. The molecule has 0 aliphatic heterocycles. The number of carbonyl (C=O) groups is 2. The van der Waals surface area contributed by atoms with Gasteiger partial charge in [-0.25, -0.2) is 0 Å². The Labute approximate surface area is 212 Å². The van der Waals surface area contributed by atoms with E-state index in [2.05, 4.69) is 78.1 Å². The summed E-state index contributed by atoms with van der Waals surface area (Å²) in [4.78, 5) is 24.4. The van der Waals surface area contributed by atoms with E-state index in [1.807, 2.05) is 18.2 Å². The maximum Gasteiger partial charge on any atom is 0.308 e. The Hall–Kier alpha value is -3.95. The molecule has 6 heteroatoms. The zero-order valence-electron chi connectivity index (χ0n) is 20.4. The maximum absolute atomic E-state index is 13.1. The minimum Gasteiger partial charge on any atom is -0.493 e. The highest BCUT2D eigenvalue weighted by atomic mass is 31.2. The van der Waals surface area contributed by atoms with Gasteiger partial charge in [-0.2, -0.15) is 0 Å². The van der Waals surface area contributed by atoms with Crippen molar-refractivity contribution in [2.24, 2.45) is 0 Å². The van der Waals surface area contributed by atoms with Crippen molar-refractivity contribution in [2.75, 3.05) is 19.8 Å². The Bertz CT molecular complexity index is 1210. The molecule has 0 aliphatic carbocycles. The second-order valence-corrected chi connectivity index (χ2v) is 11.9. The van der Waals surface area contributed by atoms with Gasteiger partial charge in [0.05, 0.1) is 19.8 Å². The summed E-state index contributed by atoms with van der Waals surface area (Å²) in [5.74, 6) is -0.0511. The smallest absolute Gasteiger partial charge is 0.308 e. The highest BCUT2D eigenvalue weighted by Gasteiger charge is 2.44. The summed E-state index contributed by atoms with van der Waals surface area (Å²) < 4.78 is 10.5. The molecule has 0 saturated heterocycles. The van der Waals surface area contributed by atoms with Crippen LogP contribution in [-0.2, 0) is 4.79 Å². The first-order valence-electron chi connectivity index (χ1n) is 11.7. The van der Waals surface area contributed by atoms with Gasteiger partial charge in [-0.3, -0.25) is 9.59 Å². The van der Waals surface area contributed by atoms with E-state index < -0.39 is 13.2 Å². The van der Waals surface area contributed by atoms with Gasteiger partial charge in [-0.05, 0) is 54.6 Å². The van der Waals surface area contributed by atoms with Crippen molar-refractivity contribution < 1.29 is 19.1 Å². The normalized spacial score (nSPS) is 10.9. The Kier molecular flexibility index (Phi) is 8.14. The van der Waals surface area contributed by atoms with Crippen LogP contribution in [0.1, 0.15) is 17.3 Å². The monoisotopic (exact) mass is 498 g/mol. The average molecular weight is 499 g/mol. The Morgan fingerprint density at radius 2 is 1.22 bits per heavy atom. The number of benzene rings is 4. The van der Waals surface area contributed by atoms with Crippen LogP contribution in [0.4, 0.5) is 0 Å². The number of rotatable bonds is 9. The number of methoxy groups -OCH3 is 1. The van der Waals surface area contributed by atoms with E-state index in [0.717, 1.165) is 6.16 Å². The molecule has 0 saturated carbocycles. The number of esters is 1. The molecule has 0 fully saturated rings. The van der Waals surface area contributed by atoms with E-state index in [-0.39, 0.29) is 11.7 Å². The molecule has 36 heavy (non-hydrogen) atoms. The zero-order valence-corrected chi connectivity index (χ0v) is 21.3. The fourth-order valence-corrected chi connectivity index (χ4v) is 8.53. The van der Waals surface area contributed by atoms with Crippen molar-refractivity contribution in [3.63, 3.8) is 0 Å². The predicted octanol–water partition coefficient (Wildman–Crippen LogP) is 4.34. The van der Waals surface area contributed by atoms with Gasteiger partial charge < -0.3 is 14.8 Å². The first-order chi connectivity index (χ1) is 17.5. The largest absolute Gasteiger partial charge is 0.493 e. The molecule has 0 atom stereocenters. The third-order valence-electron chi connectivity index (χ3n) is 6.00. The van der Waals surface area contributed by atoms with E-state index in [1.165, 1.54) is 29.9 Å². The molecular formula is C30H29NO4P+. The van der Waals surface area contributed by atoms with Crippen LogP contribution in [0, 0.1) is 0 Å². The molecule has 4 aromatic rings. The molecule has 0 aliphatic rings. The quantitative estimate of drug-likeness (QED) is 0.212. The van der Waals surface area contributed by atoms with Crippen LogP contribution in [0.15, 0.2) is 109 Å². The summed E-state index contributed by atoms with van der Waals surface area (Å²) in [5, 5.41) is 6.90. The van der Waals surface area contributed by atoms with Gasteiger partial charge in [0.2, 0.25) is 0 Å². The van der Waals surface area contributed by atoms with Crippen molar-refractivity contribution >= 4 is 35.1 Å². The molecule has 182 valence electrons. The lowest BCUT2D eigenvalue weighted by atomic mass is 10.2. The minimum atomic E-state index is -2.04. The molecule has 0 unspecified atom stereocenters. The van der Waals surface area contributed by atoms with E-state index >= 15 is 0 Å². The standard InChI is InChI=1S/C30H28NO4P/c1-23(32)35-28-19-18-24(22-29(28)34-2)30(33)31-20-21-36(25-12-6-3-7-13-25,26-14-8-4-9-15-26)27-16-10-5-11-17-27/h3-19,22H,20-21H2,1-2H3/p+1. The zero-order chi connectivity index (χ0) is 25.4. The molecule has 0 bridgehead atoms. The summed E-state index contributed by atoms with van der Waals surface area (Å²) in [6, 6.07) is 36.5. The molecule has 4 rings (SSSR count). The lowest BCUT2D eigenvalue weighted by molar-refractivity contribution is -0.132. The first-order valence-corrected chi connectivity index (χ1v) is 13.7. The SMILES string of the molecule is COc1cc(C(=O)NCC[P+](c2ccccc2)(c2ccccc2)c2ccccc2)ccc1OC(C)=O. The van der Waals surface area contributed by atoms with Crippen molar-refractivity contribution in [1.82, 2.24) is 5.32 Å². The molecule has 1 amide bonds. The Morgan fingerprint density at radius 3 is 1.67 bits per heavy atom. The number of amides is 1. The van der Waals surface area contributed by atoms with Crippen LogP contribution in [0.25, 0.3) is 0 Å². The minimum absolute atomic E-state index is 0.213. The molecule has 0 aromatic heterocycles. The van der Waals surface area contributed by atoms with Gasteiger partial charge in [0.15, 0.2) is 11.5 Å². The second-order valence-electron chi connectivity index (χ2n) is 8.26. The lowest BCUT2D eigenvalue weighted by Gasteiger charge is -2.27. The van der Waals surface area contributed by atoms with E-state index in [4.69, 9.17) is 9.47 Å². The van der Waals surface area contributed by atoms with Gasteiger partial charge in [-0.15, -0.1) is 0 Å². The van der Waals surface area contributed by atoms with Crippen molar-refractivity contribution in [2.45, 2.75) is 6.92 Å². The van der Waals surface area contributed by atoms with Crippen molar-refractivity contribution in [1.29, 1.82) is 0 Å². The highest BCUT2D eigenvalue weighted by Crippen LogP contribution is 2.54. The van der Waals surface area contributed by atoms with Crippen LogP contribution in [0.3, 0.4) is 0 Å². The van der Waals surface area contributed by atoms with Crippen LogP contribution in [0.2, 0.25) is 0 Å². The first kappa shape index (κ1) is 25.2. The fraction of sp³-hybridized carbons (Fsp3) is 0.133. The number of ether oxygens (including phenoxy) is 2. The molecule has 0 spiro atoms. The van der Waals surface area contributed by atoms with Gasteiger partial charge in [0, 0.05) is 12.5 Å². The van der Waals surface area contributed by atoms with Crippen LogP contribution in [-0.4, -0.2) is 31.7 Å². The number of nitrogens with one attached hydrogen (secondary N) is 1. The summed E-state index contributed by atoms with van der Waals surface area (Å²) >= 11 is 0. The summed E-state index contributed by atoms with van der Waals surface area (Å²) in [7, 11) is -0.562. The maximum atomic E-state index is 13.1. The van der Waals surface area contributed by atoms with Crippen LogP contribution < -0.4 is 30.7 Å². The van der Waals surface area contributed by atoms with Crippen LogP contribution in [0.5, 0.6) is 11.5 Å². The highest BCUT2D eigenvalue weighted by molar-refractivity contribution is 7.95. The second kappa shape index (κ2) is 11.7. The van der Waals surface area contributed by atoms with E-state index in [1.54, 1.807) is 18.2 Å². The Morgan fingerprint density at radius 1 is 0.722 bits per heavy atom. The third kappa shape index (κ3) is 5.48. The average Bonchev–Trinajstić information content (AvgIpc) is 2.92.